The number of hydrogen-bond donors (Lipinski definition) is 0. The summed E-state index contributed by atoms with van der Waals surface area (Å²) in [6, 6.07) is 3.74. The van der Waals surface area contributed by atoms with Gasteiger partial charge in [-0.2, -0.15) is 4.94 Å². The zero-order valence-corrected chi connectivity index (χ0v) is 7.64. The monoisotopic (exact) mass is 224 g/mol. The van der Waals surface area contributed by atoms with E-state index in [0.29, 0.717) is 0 Å². The lowest BCUT2D eigenvalue weighted by Crippen LogP contribution is -2.16. The number of aromatic nitrogens is 2. The van der Waals surface area contributed by atoms with Gasteiger partial charge in [0.1, 0.15) is 5.52 Å². The molecule has 0 amide bonds. The summed E-state index contributed by atoms with van der Waals surface area (Å²) in [7, 11) is 0. The van der Waals surface area contributed by atoms with Gasteiger partial charge in [0.15, 0.2) is 10.6 Å². The van der Waals surface area contributed by atoms with Crippen molar-refractivity contribution in [1.29, 1.82) is 0 Å². The van der Waals surface area contributed by atoms with Crippen LogP contribution in [0.3, 0.4) is 0 Å². The molecule has 0 saturated heterocycles. The molecule has 0 aliphatic rings. The smallest absolute Gasteiger partial charge is 0.258 e. The standard InChI is InChI=1S/C7H4N4O5/c12-10(13)5-1-2-7-6(3-5)8-4-9(7)16-11(14)15/h1-4H. The molecule has 0 aliphatic carbocycles. The van der Waals surface area contributed by atoms with Crippen LogP contribution in [0.5, 0.6) is 0 Å². The maximum absolute atomic E-state index is 10.5. The van der Waals surface area contributed by atoms with Gasteiger partial charge in [0.2, 0.25) is 6.33 Å². The Labute approximate surface area is 87.1 Å². The average Bonchev–Trinajstić information content (AvgIpc) is 2.60. The van der Waals surface area contributed by atoms with Gasteiger partial charge in [-0.3, -0.25) is 10.1 Å². The van der Waals surface area contributed by atoms with Crippen LogP contribution in [0, 0.1) is 20.2 Å². The van der Waals surface area contributed by atoms with E-state index in [0.717, 1.165) is 11.1 Å². The maximum atomic E-state index is 10.5. The van der Waals surface area contributed by atoms with E-state index in [1.165, 1.54) is 18.2 Å². The highest BCUT2D eigenvalue weighted by molar-refractivity contribution is 5.77. The fourth-order valence-electron chi connectivity index (χ4n) is 1.23. The first-order chi connectivity index (χ1) is 7.58. The van der Waals surface area contributed by atoms with Crippen LogP contribution < -0.4 is 4.94 Å². The number of rotatable bonds is 3. The molecule has 82 valence electrons. The number of hydrogen-bond acceptors (Lipinski definition) is 6. The first-order valence-electron chi connectivity index (χ1n) is 4.02. The summed E-state index contributed by atoms with van der Waals surface area (Å²) >= 11 is 0. The Balaban J connectivity index is 2.50. The van der Waals surface area contributed by atoms with Crippen LogP contribution in [-0.2, 0) is 0 Å². The molecule has 0 saturated carbocycles. The molecule has 1 aromatic carbocycles. The average molecular weight is 224 g/mol. The van der Waals surface area contributed by atoms with Gasteiger partial charge in [0.25, 0.3) is 5.69 Å². The minimum atomic E-state index is -0.997. The molecule has 0 radical (unpaired) electrons. The number of imidazole rings is 1. The van der Waals surface area contributed by atoms with Crippen molar-refractivity contribution >= 4 is 16.7 Å². The van der Waals surface area contributed by atoms with Crippen molar-refractivity contribution in [2.24, 2.45) is 0 Å². The second-order valence-electron chi connectivity index (χ2n) is 2.81. The second kappa shape index (κ2) is 3.46. The quantitative estimate of drug-likeness (QED) is 0.556. The molecule has 9 heteroatoms. The van der Waals surface area contributed by atoms with Gasteiger partial charge in [0, 0.05) is 12.1 Å². The first kappa shape index (κ1) is 9.83. The minimum Gasteiger partial charge on any atom is -0.258 e. The predicted octanol–water partition coefficient (Wildman–Crippen LogP) is 0.565. The molecule has 0 spiro atoms. The highest BCUT2D eigenvalue weighted by Crippen LogP contribution is 2.18. The highest BCUT2D eigenvalue weighted by atomic mass is 17.0. The third-order valence-electron chi connectivity index (χ3n) is 1.86. The van der Waals surface area contributed by atoms with Crippen LogP contribution in [0.15, 0.2) is 24.5 Å². The number of nitro benzene ring substituents is 1. The van der Waals surface area contributed by atoms with E-state index in [9.17, 15) is 20.2 Å². The first-order valence-corrected chi connectivity index (χ1v) is 4.02. The molecular weight excluding hydrogens is 220 g/mol. The normalized spacial score (nSPS) is 10.2. The van der Waals surface area contributed by atoms with E-state index >= 15 is 0 Å². The van der Waals surface area contributed by atoms with E-state index in [1.807, 2.05) is 0 Å². The summed E-state index contributed by atoms with van der Waals surface area (Å²) in [5.41, 5.74) is 0.386. The Hall–Kier alpha value is -2.71. The third kappa shape index (κ3) is 1.61. The Kier molecular flexibility index (Phi) is 2.12. The number of benzene rings is 1. The molecule has 16 heavy (non-hydrogen) atoms. The predicted molar refractivity (Wildman–Crippen MR) is 50.0 cm³/mol. The number of nitrogens with zero attached hydrogens (tertiary/aromatic N) is 4. The topological polar surface area (TPSA) is 113 Å². The molecule has 1 heterocycles. The van der Waals surface area contributed by atoms with Crippen molar-refractivity contribution in [1.82, 2.24) is 9.71 Å². The van der Waals surface area contributed by atoms with Crippen molar-refractivity contribution in [2.45, 2.75) is 0 Å². The van der Waals surface area contributed by atoms with Gasteiger partial charge in [-0.15, -0.1) is 0 Å². The molecule has 0 unspecified atom stereocenters. The Morgan fingerprint density at radius 2 is 2.06 bits per heavy atom. The van der Waals surface area contributed by atoms with Gasteiger partial charge >= 0.3 is 0 Å². The summed E-state index contributed by atoms with van der Waals surface area (Å²) in [4.78, 5) is 27.9. The van der Waals surface area contributed by atoms with Crippen LogP contribution in [0.2, 0.25) is 0 Å². The van der Waals surface area contributed by atoms with Gasteiger partial charge < -0.3 is 0 Å². The summed E-state index contributed by atoms with van der Waals surface area (Å²) < 4.78 is 0.819. The third-order valence-corrected chi connectivity index (χ3v) is 1.86. The number of fused-ring (bicyclic) bond motifs is 1. The van der Waals surface area contributed by atoms with Gasteiger partial charge in [-0.25, -0.2) is 15.1 Å². The highest BCUT2D eigenvalue weighted by Gasteiger charge is 2.13. The zero-order valence-electron chi connectivity index (χ0n) is 7.64. The van der Waals surface area contributed by atoms with Crippen LogP contribution in [0.4, 0.5) is 5.69 Å². The molecule has 0 bridgehead atoms. The molecule has 2 rings (SSSR count). The zero-order chi connectivity index (χ0) is 11.7. The van der Waals surface area contributed by atoms with Gasteiger partial charge in [0.05, 0.1) is 4.92 Å². The van der Waals surface area contributed by atoms with Crippen LogP contribution >= 0.6 is 0 Å². The van der Waals surface area contributed by atoms with Crippen LogP contribution in [0.25, 0.3) is 11.0 Å². The van der Waals surface area contributed by atoms with E-state index in [1.54, 1.807) is 0 Å². The molecule has 1 aromatic heterocycles. The van der Waals surface area contributed by atoms with Gasteiger partial charge in [-0.1, -0.05) is 4.73 Å². The maximum Gasteiger partial charge on any atom is 0.271 e. The summed E-state index contributed by atoms with van der Waals surface area (Å²) in [5.74, 6) is 0. The van der Waals surface area contributed by atoms with E-state index in [2.05, 4.69) is 9.92 Å². The molecule has 0 aliphatic heterocycles. The van der Waals surface area contributed by atoms with Crippen molar-refractivity contribution in [3.8, 4) is 0 Å². The van der Waals surface area contributed by atoms with Crippen LogP contribution in [0.1, 0.15) is 0 Å². The fraction of sp³-hybridized carbons (Fsp3) is 0. The van der Waals surface area contributed by atoms with Crippen molar-refractivity contribution in [2.75, 3.05) is 0 Å². The molecule has 0 fully saturated rings. The number of non-ortho nitro benzene ring substituents is 1. The van der Waals surface area contributed by atoms with Crippen molar-refractivity contribution in [3.05, 3.63) is 44.8 Å². The van der Waals surface area contributed by atoms with Crippen molar-refractivity contribution < 1.29 is 14.9 Å². The Morgan fingerprint density at radius 3 is 2.69 bits per heavy atom. The second-order valence-corrected chi connectivity index (χ2v) is 2.81. The summed E-state index contributed by atoms with van der Waals surface area (Å²) in [5, 5.41) is 19.6. The minimum absolute atomic E-state index is 0.140. The summed E-state index contributed by atoms with van der Waals surface area (Å²) in [6.07, 6.45) is 1.07. The Morgan fingerprint density at radius 1 is 1.31 bits per heavy atom. The molecular formula is C7H4N4O5. The molecule has 2 aromatic rings. The SMILES string of the molecule is O=[N+]([O-])On1cnc2cc([N+](=O)[O-])ccc21. The van der Waals surface area contributed by atoms with Crippen molar-refractivity contribution in [3.63, 3.8) is 0 Å². The summed E-state index contributed by atoms with van der Waals surface area (Å²) in [6.45, 7) is 0. The van der Waals surface area contributed by atoms with Crippen LogP contribution in [-0.4, -0.2) is 19.7 Å². The fourth-order valence-corrected chi connectivity index (χ4v) is 1.23. The lowest BCUT2D eigenvalue weighted by molar-refractivity contribution is -0.748. The van der Waals surface area contributed by atoms with Gasteiger partial charge in [-0.05, 0) is 6.07 Å². The lowest BCUT2D eigenvalue weighted by atomic mass is 10.3. The molecule has 9 nitrogen and oxygen atoms in total. The molecule has 0 N–H and O–H groups in total. The molecule has 0 atom stereocenters. The van der Waals surface area contributed by atoms with E-state index in [4.69, 9.17) is 0 Å². The largest absolute Gasteiger partial charge is 0.271 e. The lowest BCUT2D eigenvalue weighted by Gasteiger charge is -1.96. The van der Waals surface area contributed by atoms with E-state index in [-0.39, 0.29) is 16.7 Å². The number of nitro groups is 1. The van der Waals surface area contributed by atoms with E-state index < -0.39 is 10.0 Å². The Bertz CT molecular complexity index is 577.